The van der Waals surface area contributed by atoms with E-state index in [4.69, 9.17) is 4.52 Å². The van der Waals surface area contributed by atoms with Gasteiger partial charge in [0.15, 0.2) is 5.82 Å². The monoisotopic (exact) mass is 287 g/mol. The van der Waals surface area contributed by atoms with E-state index in [9.17, 15) is 0 Å². The Hall–Kier alpha value is -0.910. The van der Waals surface area contributed by atoms with Crippen molar-refractivity contribution in [2.75, 3.05) is 7.05 Å². The summed E-state index contributed by atoms with van der Waals surface area (Å²) in [6.07, 6.45) is 2.59. The normalized spacial score (nSPS) is 12.1. The third-order valence-electron chi connectivity index (χ3n) is 2.70. The third kappa shape index (κ3) is 4.40. The van der Waals surface area contributed by atoms with Crippen LogP contribution in [0.15, 0.2) is 21.3 Å². The average molecular weight is 288 g/mol. The molecule has 0 amide bonds. The average Bonchev–Trinajstić information content (AvgIpc) is 2.97. The van der Waals surface area contributed by atoms with Gasteiger partial charge in [-0.2, -0.15) is 16.3 Å². The summed E-state index contributed by atoms with van der Waals surface area (Å²) in [5.74, 6) is 1.52. The van der Waals surface area contributed by atoms with Crippen molar-refractivity contribution < 1.29 is 4.52 Å². The molecule has 1 N–H and O–H groups in total. The van der Waals surface area contributed by atoms with E-state index in [2.05, 4.69) is 39.2 Å². The molecule has 18 heavy (non-hydrogen) atoms. The summed E-state index contributed by atoms with van der Waals surface area (Å²) < 4.78 is 5.22. The summed E-state index contributed by atoms with van der Waals surface area (Å²) >= 11 is 1.72. The highest BCUT2D eigenvalue weighted by molar-refractivity contribution is 7.07. The van der Waals surface area contributed by atoms with E-state index in [1.807, 2.05) is 7.05 Å². The van der Waals surface area contributed by atoms with Gasteiger partial charge in [-0.05, 0) is 42.8 Å². The number of rotatable bonds is 6. The van der Waals surface area contributed by atoms with Gasteiger partial charge >= 0.3 is 0 Å². The molecule has 2 aromatic rings. The topological polar surface area (TPSA) is 51.0 Å². The van der Waals surface area contributed by atoms with Gasteiger partial charge in [0.25, 0.3) is 0 Å². The van der Waals surface area contributed by atoms with Crippen LogP contribution in [0.4, 0.5) is 0 Å². The summed E-state index contributed by atoms with van der Waals surface area (Å²) in [6, 6.07) is 2.50. The Bertz CT molecular complexity index is 444. The molecule has 1 atom stereocenters. The molecule has 0 aliphatic rings. The predicted octanol–water partition coefficient (Wildman–Crippen LogP) is 2.49. The summed E-state index contributed by atoms with van der Waals surface area (Å²) in [6.45, 7) is 2.10. The van der Waals surface area contributed by atoms with E-state index in [-0.39, 0.29) is 12.4 Å². The van der Waals surface area contributed by atoms with Crippen molar-refractivity contribution >= 4 is 23.7 Å². The number of aryl methyl sites for hydroxylation is 2. The maximum Gasteiger partial charge on any atom is 0.226 e. The van der Waals surface area contributed by atoms with Gasteiger partial charge < -0.3 is 9.84 Å². The Morgan fingerprint density at radius 2 is 2.28 bits per heavy atom. The number of halogens is 1. The maximum absolute atomic E-state index is 5.22. The zero-order chi connectivity index (χ0) is 12.1. The number of likely N-dealkylation sites (N-methyl/N-ethyl adjacent to an activating group) is 1. The molecular weight excluding hydrogens is 270 g/mol. The summed E-state index contributed by atoms with van der Waals surface area (Å²) in [4.78, 5) is 4.38. The van der Waals surface area contributed by atoms with Crippen LogP contribution in [0.1, 0.15) is 24.2 Å². The molecule has 0 spiro atoms. The first-order valence-electron chi connectivity index (χ1n) is 5.77. The molecule has 0 fully saturated rings. The van der Waals surface area contributed by atoms with Crippen LogP contribution in [0.2, 0.25) is 0 Å². The Kier molecular flexibility index (Phi) is 6.32. The Balaban J connectivity index is 0.00000162. The van der Waals surface area contributed by atoms with Crippen LogP contribution < -0.4 is 5.32 Å². The van der Waals surface area contributed by atoms with Crippen molar-refractivity contribution in [3.05, 3.63) is 34.1 Å². The van der Waals surface area contributed by atoms with Crippen molar-refractivity contribution in [1.29, 1.82) is 0 Å². The molecule has 0 aliphatic heterocycles. The largest absolute Gasteiger partial charge is 0.339 e. The third-order valence-corrected chi connectivity index (χ3v) is 3.43. The Labute approximate surface area is 117 Å². The van der Waals surface area contributed by atoms with Gasteiger partial charge in [0.2, 0.25) is 5.89 Å². The lowest BCUT2D eigenvalue weighted by molar-refractivity contribution is 0.371. The SMILES string of the molecule is CNC(C)Cc1noc(CCc2ccsc2)n1.Cl. The minimum Gasteiger partial charge on any atom is -0.339 e. The number of hydrogen-bond donors (Lipinski definition) is 1. The number of aromatic nitrogens is 2. The van der Waals surface area contributed by atoms with E-state index in [1.54, 1.807) is 11.3 Å². The van der Waals surface area contributed by atoms with E-state index in [1.165, 1.54) is 5.56 Å². The first-order chi connectivity index (χ1) is 8.28. The molecule has 0 saturated heterocycles. The minimum absolute atomic E-state index is 0. The molecule has 0 aliphatic carbocycles. The van der Waals surface area contributed by atoms with Crippen molar-refractivity contribution in [3.8, 4) is 0 Å². The van der Waals surface area contributed by atoms with E-state index in [0.717, 1.165) is 31.0 Å². The van der Waals surface area contributed by atoms with Gasteiger partial charge in [-0.25, -0.2) is 0 Å². The maximum atomic E-state index is 5.22. The quantitative estimate of drug-likeness (QED) is 0.887. The molecule has 2 rings (SSSR count). The van der Waals surface area contributed by atoms with Crippen LogP contribution in [-0.4, -0.2) is 23.2 Å². The van der Waals surface area contributed by atoms with Gasteiger partial charge in [-0.1, -0.05) is 5.16 Å². The Morgan fingerprint density at radius 3 is 2.94 bits per heavy atom. The van der Waals surface area contributed by atoms with Gasteiger partial charge in [0.05, 0.1) is 0 Å². The number of nitrogens with zero attached hydrogens (tertiary/aromatic N) is 2. The fourth-order valence-corrected chi connectivity index (χ4v) is 2.24. The molecule has 0 saturated carbocycles. The van der Waals surface area contributed by atoms with Crippen molar-refractivity contribution in [3.63, 3.8) is 0 Å². The van der Waals surface area contributed by atoms with Crippen molar-refractivity contribution in [2.45, 2.75) is 32.2 Å². The molecule has 100 valence electrons. The predicted molar refractivity (Wildman–Crippen MR) is 75.5 cm³/mol. The lowest BCUT2D eigenvalue weighted by Crippen LogP contribution is -2.24. The second-order valence-corrected chi connectivity index (χ2v) is 4.91. The first-order valence-corrected chi connectivity index (χ1v) is 6.72. The number of hydrogen-bond acceptors (Lipinski definition) is 5. The fraction of sp³-hybridized carbons (Fsp3) is 0.500. The van der Waals surface area contributed by atoms with Gasteiger partial charge in [0.1, 0.15) is 0 Å². The standard InChI is InChI=1S/C12H17N3OS.ClH/c1-9(13-2)7-11-14-12(16-15-11)4-3-10-5-6-17-8-10;/h5-6,8-9,13H,3-4,7H2,1-2H3;1H. The second-order valence-electron chi connectivity index (χ2n) is 4.13. The minimum atomic E-state index is 0. The van der Waals surface area contributed by atoms with E-state index in [0.29, 0.717) is 6.04 Å². The summed E-state index contributed by atoms with van der Waals surface area (Å²) in [5.41, 5.74) is 1.33. The van der Waals surface area contributed by atoms with Crippen molar-refractivity contribution in [1.82, 2.24) is 15.5 Å². The zero-order valence-corrected chi connectivity index (χ0v) is 12.2. The lowest BCUT2D eigenvalue weighted by atomic mass is 10.2. The van der Waals surface area contributed by atoms with Crippen LogP contribution in [0.5, 0.6) is 0 Å². The van der Waals surface area contributed by atoms with Crippen LogP contribution in [0, 0.1) is 0 Å². The highest BCUT2D eigenvalue weighted by Crippen LogP contribution is 2.10. The number of thiophene rings is 1. The van der Waals surface area contributed by atoms with Crippen LogP contribution >= 0.6 is 23.7 Å². The highest BCUT2D eigenvalue weighted by atomic mass is 35.5. The molecule has 1 unspecified atom stereocenters. The molecule has 0 radical (unpaired) electrons. The molecular formula is C12H18ClN3OS. The Morgan fingerprint density at radius 1 is 1.44 bits per heavy atom. The van der Waals surface area contributed by atoms with Crippen molar-refractivity contribution in [2.24, 2.45) is 0 Å². The molecule has 0 bridgehead atoms. The smallest absolute Gasteiger partial charge is 0.226 e. The van der Waals surface area contributed by atoms with Gasteiger partial charge in [-0.15, -0.1) is 12.4 Å². The second kappa shape index (κ2) is 7.51. The van der Waals surface area contributed by atoms with Gasteiger partial charge in [0, 0.05) is 18.9 Å². The number of nitrogens with one attached hydrogen (secondary N) is 1. The molecule has 2 aromatic heterocycles. The molecule has 6 heteroatoms. The van der Waals surface area contributed by atoms with Crippen LogP contribution in [0.25, 0.3) is 0 Å². The van der Waals surface area contributed by atoms with Crippen LogP contribution in [0.3, 0.4) is 0 Å². The lowest BCUT2D eigenvalue weighted by Gasteiger charge is -2.04. The summed E-state index contributed by atoms with van der Waals surface area (Å²) in [7, 11) is 1.93. The molecule has 2 heterocycles. The van der Waals surface area contributed by atoms with E-state index >= 15 is 0 Å². The van der Waals surface area contributed by atoms with E-state index < -0.39 is 0 Å². The first kappa shape index (κ1) is 15.1. The van der Waals surface area contributed by atoms with Gasteiger partial charge in [-0.3, -0.25) is 0 Å². The zero-order valence-electron chi connectivity index (χ0n) is 10.5. The molecule has 4 nitrogen and oxygen atoms in total. The van der Waals surface area contributed by atoms with Crippen LogP contribution in [-0.2, 0) is 19.3 Å². The fourth-order valence-electron chi connectivity index (χ4n) is 1.54. The highest BCUT2D eigenvalue weighted by Gasteiger charge is 2.09. The molecule has 0 aromatic carbocycles. The summed E-state index contributed by atoms with van der Waals surface area (Å²) in [5, 5.41) is 11.4.